The molecule has 0 saturated carbocycles. The number of pyridine rings is 1. The molecule has 0 aliphatic heterocycles. The van der Waals surface area contributed by atoms with Crippen molar-refractivity contribution in [2.45, 2.75) is 26.3 Å². The van der Waals surface area contributed by atoms with Gasteiger partial charge in [0.15, 0.2) is 5.82 Å². The Morgan fingerprint density at radius 2 is 1.88 bits per heavy atom. The molecule has 3 rings (SSSR count). The molecule has 3 aromatic rings. The summed E-state index contributed by atoms with van der Waals surface area (Å²) in [7, 11) is 0. The van der Waals surface area contributed by atoms with E-state index in [1.807, 2.05) is 6.92 Å². The third kappa shape index (κ3) is 4.06. The fraction of sp³-hybridized carbons (Fsp3) is 0.222. The van der Waals surface area contributed by atoms with E-state index in [0.717, 1.165) is 17.5 Å². The lowest BCUT2D eigenvalue weighted by Gasteiger charge is -2.06. The van der Waals surface area contributed by atoms with Crippen molar-refractivity contribution < 1.29 is 9.18 Å². The van der Waals surface area contributed by atoms with Gasteiger partial charge in [0.2, 0.25) is 11.9 Å². The molecule has 6 nitrogen and oxygen atoms in total. The zero-order chi connectivity index (χ0) is 17.6. The number of carbonyl (C=O) groups excluding carboxylic acids is 1. The van der Waals surface area contributed by atoms with E-state index in [1.54, 1.807) is 36.7 Å². The first-order valence-corrected chi connectivity index (χ1v) is 8.06. The standard InChI is InChI=1S/C18H18FN5O/c1-2-3-16(25)24-18(21-12-13-4-6-15(19)7-5-13)22-17(23-24)14-8-10-20-11-9-14/h4-11H,2-3,12H2,1H3,(H,21,22,23). The first-order chi connectivity index (χ1) is 12.2. The Morgan fingerprint density at radius 1 is 1.16 bits per heavy atom. The SMILES string of the molecule is CCCC(=O)n1nc(-c2ccncc2)nc1NCc1ccc(F)cc1. The molecule has 0 bridgehead atoms. The molecule has 1 N–H and O–H groups in total. The summed E-state index contributed by atoms with van der Waals surface area (Å²) in [6.45, 7) is 2.35. The van der Waals surface area contributed by atoms with E-state index in [9.17, 15) is 9.18 Å². The first-order valence-electron chi connectivity index (χ1n) is 8.06. The first kappa shape index (κ1) is 16.8. The van der Waals surface area contributed by atoms with E-state index in [4.69, 9.17) is 0 Å². The molecule has 2 aromatic heterocycles. The van der Waals surface area contributed by atoms with Crippen molar-refractivity contribution in [2.75, 3.05) is 5.32 Å². The third-order valence-electron chi connectivity index (χ3n) is 3.61. The molecular formula is C18H18FN5O. The molecule has 0 aliphatic carbocycles. The summed E-state index contributed by atoms with van der Waals surface area (Å²) in [6.07, 6.45) is 4.40. The number of nitrogens with zero attached hydrogens (tertiary/aromatic N) is 4. The van der Waals surface area contributed by atoms with Gasteiger partial charge in [0.1, 0.15) is 5.82 Å². The summed E-state index contributed by atoms with van der Waals surface area (Å²) in [6, 6.07) is 9.72. The summed E-state index contributed by atoms with van der Waals surface area (Å²) >= 11 is 0. The highest BCUT2D eigenvalue weighted by Crippen LogP contribution is 2.18. The van der Waals surface area contributed by atoms with Gasteiger partial charge in [0, 0.05) is 30.9 Å². The lowest BCUT2D eigenvalue weighted by Crippen LogP contribution is -2.16. The summed E-state index contributed by atoms with van der Waals surface area (Å²) in [5.41, 5.74) is 1.66. The van der Waals surface area contributed by atoms with Crippen LogP contribution in [0.3, 0.4) is 0 Å². The van der Waals surface area contributed by atoms with Crippen LogP contribution in [0, 0.1) is 5.82 Å². The maximum absolute atomic E-state index is 13.0. The minimum Gasteiger partial charge on any atom is -0.350 e. The third-order valence-corrected chi connectivity index (χ3v) is 3.61. The average molecular weight is 339 g/mol. The lowest BCUT2D eigenvalue weighted by atomic mass is 10.2. The second-order valence-corrected chi connectivity index (χ2v) is 5.53. The zero-order valence-electron chi connectivity index (χ0n) is 13.8. The second-order valence-electron chi connectivity index (χ2n) is 5.53. The Labute approximate surface area is 144 Å². The summed E-state index contributed by atoms with van der Waals surface area (Å²) in [5.74, 6) is 0.407. The molecule has 0 amide bonds. The number of hydrogen-bond acceptors (Lipinski definition) is 5. The van der Waals surface area contributed by atoms with E-state index in [-0.39, 0.29) is 11.7 Å². The molecule has 0 unspecified atom stereocenters. The van der Waals surface area contributed by atoms with Crippen LogP contribution in [0.1, 0.15) is 30.1 Å². The van der Waals surface area contributed by atoms with Crippen molar-refractivity contribution in [1.82, 2.24) is 19.7 Å². The minimum absolute atomic E-state index is 0.128. The molecule has 7 heteroatoms. The molecule has 0 fully saturated rings. The van der Waals surface area contributed by atoms with Gasteiger partial charge >= 0.3 is 0 Å². The molecule has 0 saturated heterocycles. The summed E-state index contributed by atoms with van der Waals surface area (Å²) in [4.78, 5) is 20.7. The number of carbonyl (C=O) groups is 1. The zero-order valence-corrected chi connectivity index (χ0v) is 13.8. The van der Waals surface area contributed by atoms with Crippen molar-refractivity contribution in [1.29, 1.82) is 0 Å². The monoisotopic (exact) mass is 339 g/mol. The maximum atomic E-state index is 13.0. The molecule has 25 heavy (non-hydrogen) atoms. The number of nitrogens with one attached hydrogen (secondary N) is 1. The topological polar surface area (TPSA) is 72.7 Å². The minimum atomic E-state index is -0.287. The fourth-order valence-electron chi connectivity index (χ4n) is 2.33. The molecule has 0 aliphatic rings. The molecular weight excluding hydrogens is 321 g/mol. The van der Waals surface area contributed by atoms with Crippen molar-refractivity contribution in [3.63, 3.8) is 0 Å². The maximum Gasteiger partial charge on any atom is 0.250 e. The van der Waals surface area contributed by atoms with Gasteiger partial charge < -0.3 is 5.32 Å². The van der Waals surface area contributed by atoms with E-state index < -0.39 is 0 Å². The number of hydrogen-bond donors (Lipinski definition) is 1. The summed E-state index contributed by atoms with van der Waals surface area (Å²) < 4.78 is 14.3. The van der Waals surface area contributed by atoms with E-state index in [1.165, 1.54) is 16.8 Å². The Morgan fingerprint density at radius 3 is 2.56 bits per heavy atom. The highest BCUT2D eigenvalue weighted by atomic mass is 19.1. The highest BCUT2D eigenvalue weighted by Gasteiger charge is 2.16. The van der Waals surface area contributed by atoms with Crippen LogP contribution in [0.2, 0.25) is 0 Å². The Bertz CT molecular complexity index is 846. The van der Waals surface area contributed by atoms with Crippen LogP contribution in [0.4, 0.5) is 10.3 Å². The van der Waals surface area contributed by atoms with Gasteiger partial charge in [0.25, 0.3) is 0 Å². The van der Waals surface area contributed by atoms with Crippen LogP contribution >= 0.6 is 0 Å². The van der Waals surface area contributed by atoms with Gasteiger partial charge in [-0.15, -0.1) is 5.10 Å². The van der Waals surface area contributed by atoms with Gasteiger partial charge in [-0.2, -0.15) is 9.67 Å². The van der Waals surface area contributed by atoms with Crippen LogP contribution in [-0.4, -0.2) is 25.7 Å². The van der Waals surface area contributed by atoms with E-state index in [2.05, 4.69) is 20.4 Å². The second kappa shape index (κ2) is 7.65. The van der Waals surface area contributed by atoms with Crippen LogP contribution < -0.4 is 5.32 Å². The summed E-state index contributed by atoms with van der Waals surface area (Å²) in [5, 5.41) is 7.44. The molecule has 2 heterocycles. The van der Waals surface area contributed by atoms with Crippen LogP contribution in [0.15, 0.2) is 48.8 Å². The predicted octanol–water partition coefficient (Wildman–Crippen LogP) is 3.53. The van der Waals surface area contributed by atoms with Crippen molar-refractivity contribution in [2.24, 2.45) is 0 Å². The number of halogens is 1. The Kier molecular flexibility index (Phi) is 5.13. The molecule has 0 atom stereocenters. The van der Waals surface area contributed by atoms with Crippen LogP contribution in [0.25, 0.3) is 11.4 Å². The Balaban J connectivity index is 1.86. The van der Waals surface area contributed by atoms with E-state index in [0.29, 0.717) is 24.7 Å². The number of benzene rings is 1. The van der Waals surface area contributed by atoms with Crippen LogP contribution in [0.5, 0.6) is 0 Å². The largest absolute Gasteiger partial charge is 0.350 e. The van der Waals surface area contributed by atoms with Gasteiger partial charge in [0.05, 0.1) is 0 Å². The molecule has 0 spiro atoms. The van der Waals surface area contributed by atoms with Crippen LogP contribution in [-0.2, 0) is 6.54 Å². The Hall–Kier alpha value is -3.09. The van der Waals surface area contributed by atoms with Crippen molar-refractivity contribution >= 4 is 11.9 Å². The molecule has 128 valence electrons. The molecule has 1 aromatic carbocycles. The number of aromatic nitrogens is 4. The normalized spacial score (nSPS) is 10.6. The highest BCUT2D eigenvalue weighted by molar-refractivity contribution is 5.81. The average Bonchev–Trinajstić information content (AvgIpc) is 3.07. The number of anilines is 1. The lowest BCUT2D eigenvalue weighted by molar-refractivity contribution is 0.0888. The quantitative estimate of drug-likeness (QED) is 0.744. The fourth-order valence-corrected chi connectivity index (χ4v) is 2.33. The van der Waals surface area contributed by atoms with Crippen molar-refractivity contribution in [3.05, 3.63) is 60.2 Å². The van der Waals surface area contributed by atoms with Gasteiger partial charge in [-0.25, -0.2) is 4.39 Å². The molecule has 0 radical (unpaired) electrons. The smallest absolute Gasteiger partial charge is 0.250 e. The van der Waals surface area contributed by atoms with Gasteiger partial charge in [-0.3, -0.25) is 9.78 Å². The van der Waals surface area contributed by atoms with Crippen molar-refractivity contribution in [3.8, 4) is 11.4 Å². The van der Waals surface area contributed by atoms with Gasteiger partial charge in [-0.1, -0.05) is 19.1 Å². The number of rotatable bonds is 6. The van der Waals surface area contributed by atoms with Gasteiger partial charge in [-0.05, 0) is 36.2 Å². The van der Waals surface area contributed by atoms with E-state index >= 15 is 0 Å². The predicted molar refractivity (Wildman–Crippen MR) is 92.5 cm³/mol.